The smallest absolute Gasteiger partial charge is 0.137 e. The molecule has 1 nitrogen and oxygen atoms in total. The molecule has 0 fully saturated rings. The fraction of sp³-hybridized carbons (Fsp3) is 0.600. The molecule has 0 radical (unpaired) electrons. The summed E-state index contributed by atoms with van der Waals surface area (Å²) in [5.41, 5.74) is 1.31. The zero-order chi connectivity index (χ0) is 9.30. The van der Waals surface area contributed by atoms with Crippen molar-refractivity contribution in [1.29, 1.82) is 0 Å². The van der Waals surface area contributed by atoms with Crippen LogP contribution in [0.4, 0.5) is 0 Å². The van der Waals surface area contributed by atoms with Crippen LogP contribution in [-0.4, -0.2) is 7.11 Å². The third-order valence-corrected chi connectivity index (χ3v) is 2.49. The van der Waals surface area contributed by atoms with Crippen molar-refractivity contribution in [3.63, 3.8) is 0 Å². The Labute approximate surface area is 79.1 Å². The molecular formula is C10H15ClO. The second-order valence-corrected chi connectivity index (χ2v) is 3.85. The van der Waals surface area contributed by atoms with Gasteiger partial charge in [-0.3, -0.25) is 0 Å². The van der Waals surface area contributed by atoms with Gasteiger partial charge < -0.3 is 4.74 Å². The first-order valence-corrected chi connectivity index (χ1v) is 4.61. The van der Waals surface area contributed by atoms with Crippen molar-refractivity contribution in [3.05, 3.63) is 22.4 Å². The van der Waals surface area contributed by atoms with Crippen LogP contribution in [-0.2, 0) is 4.74 Å². The van der Waals surface area contributed by atoms with E-state index in [0.29, 0.717) is 11.8 Å². The van der Waals surface area contributed by atoms with E-state index in [0.717, 1.165) is 10.8 Å². The molecule has 68 valence electrons. The third-order valence-electron chi connectivity index (χ3n) is 2.19. The average Bonchev–Trinajstić information content (AvgIpc) is 2.24. The average molecular weight is 187 g/mol. The van der Waals surface area contributed by atoms with Crippen molar-refractivity contribution in [3.8, 4) is 0 Å². The molecule has 1 unspecified atom stereocenters. The molecule has 0 spiro atoms. The number of methoxy groups -OCH3 is 1. The van der Waals surface area contributed by atoms with Crippen LogP contribution in [0.5, 0.6) is 0 Å². The highest BCUT2D eigenvalue weighted by Crippen LogP contribution is 2.37. The Kier molecular flexibility index (Phi) is 2.84. The van der Waals surface area contributed by atoms with E-state index in [9.17, 15) is 0 Å². The van der Waals surface area contributed by atoms with Gasteiger partial charge in [-0.15, -0.1) is 0 Å². The number of hydrogen-bond donors (Lipinski definition) is 0. The minimum Gasteiger partial charge on any atom is -0.495 e. The van der Waals surface area contributed by atoms with Gasteiger partial charge in [0.05, 0.1) is 12.1 Å². The molecule has 0 amide bonds. The molecule has 0 N–H and O–H groups in total. The van der Waals surface area contributed by atoms with E-state index in [1.165, 1.54) is 5.57 Å². The highest BCUT2D eigenvalue weighted by Gasteiger charge is 2.25. The fourth-order valence-electron chi connectivity index (χ4n) is 1.73. The number of hydrogen-bond acceptors (Lipinski definition) is 1. The van der Waals surface area contributed by atoms with E-state index in [-0.39, 0.29) is 0 Å². The van der Waals surface area contributed by atoms with E-state index in [1.807, 2.05) is 6.08 Å². The van der Waals surface area contributed by atoms with Crippen LogP contribution in [0.2, 0.25) is 0 Å². The molecule has 0 heterocycles. The maximum atomic E-state index is 5.99. The summed E-state index contributed by atoms with van der Waals surface area (Å²) in [5.74, 6) is 1.80. The Balaban J connectivity index is 3.02. The summed E-state index contributed by atoms with van der Waals surface area (Å²) in [5, 5.41) is 0.758. The minimum absolute atomic E-state index is 0.424. The summed E-state index contributed by atoms with van der Waals surface area (Å²) in [6, 6.07) is 0. The van der Waals surface area contributed by atoms with Crippen LogP contribution >= 0.6 is 11.6 Å². The summed E-state index contributed by atoms with van der Waals surface area (Å²) in [7, 11) is 1.67. The van der Waals surface area contributed by atoms with Gasteiger partial charge in [-0.1, -0.05) is 38.4 Å². The van der Waals surface area contributed by atoms with Gasteiger partial charge in [-0.25, -0.2) is 0 Å². The van der Waals surface area contributed by atoms with Gasteiger partial charge in [-0.05, 0) is 11.5 Å². The van der Waals surface area contributed by atoms with E-state index in [2.05, 4.69) is 20.8 Å². The first-order valence-electron chi connectivity index (χ1n) is 4.23. The Bertz CT molecular complexity index is 238. The van der Waals surface area contributed by atoms with Crippen LogP contribution in [0.3, 0.4) is 0 Å². The molecule has 0 aliphatic heterocycles. The van der Waals surface area contributed by atoms with Crippen molar-refractivity contribution in [2.24, 2.45) is 11.8 Å². The van der Waals surface area contributed by atoms with Gasteiger partial charge >= 0.3 is 0 Å². The lowest BCUT2D eigenvalue weighted by molar-refractivity contribution is 0.296. The lowest BCUT2D eigenvalue weighted by Crippen LogP contribution is -2.03. The topological polar surface area (TPSA) is 9.23 Å². The standard InChI is InChI=1S/C10H15ClO/c1-6(2)9-7(3)5-8(11)10(9)12-4/h5-7H,1-4H3. The van der Waals surface area contributed by atoms with Crippen LogP contribution in [0.15, 0.2) is 22.4 Å². The van der Waals surface area contributed by atoms with E-state index >= 15 is 0 Å². The molecule has 2 heteroatoms. The SMILES string of the molecule is COC1=C(C(C)C)C(C)C=C1Cl. The summed E-state index contributed by atoms with van der Waals surface area (Å²) in [6.07, 6.45) is 2.04. The molecule has 0 saturated carbocycles. The predicted octanol–water partition coefficient (Wildman–Crippen LogP) is 3.32. The van der Waals surface area contributed by atoms with Crippen molar-refractivity contribution >= 4 is 11.6 Å². The zero-order valence-corrected chi connectivity index (χ0v) is 8.77. The molecular weight excluding hydrogens is 172 g/mol. The van der Waals surface area contributed by atoms with Gasteiger partial charge in [0.15, 0.2) is 0 Å². The van der Waals surface area contributed by atoms with E-state index in [1.54, 1.807) is 7.11 Å². The third kappa shape index (κ3) is 1.51. The highest BCUT2D eigenvalue weighted by molar-refractivity contribution is 6.32. The lowest BCUT2D eigenvalue weighted by atomic mass is 9.94. The maximum absolute atomic E-state index is 5.99. The van der Waals surface area contributed by atoms with Gasteiger partial charge in [0.2, 0.25) is 0 Å². The minimum atomic E-state index is 0.424. The van der Waals surface area contributed by atoms with Crippen molar-refractivity contribution < 1.29 is 4.74 Å². The molecule has 0 bridgehead atoms. The lowest BCUT2D eigenvalue weighted by Gasteiger charge is -2.14. The van der Waals surface area contributed by atoms with E-state index < -0.39 is 0 Å². The van der Waals surface area contributed by atoms with E-state index in [4.69, 9.17) is 16.3 Å². The summed E-state index contributed by atoms with van der Waals surface area (Å²) in [4.78, 5) is 0. The van der Waals surface area contributed by atoms with Crippen LogP contribution in [0, 0.1) is 11.8 Å². The van der Waals surface area contributed by atoms with Gasteiger partial charge in [-0.2, -0.15) is 0 Å². The normalized spacial score (nSPS) is 23.5. The van der Waals surface area contributed by atoms with Crippen LogP contribution in [0.1, 0.15) is 20.8 Å². The molecule has 0 saturated heterocycles. The van der Waals surface area contributed by atoms with Crippen LogP contribution in [0.25, 0.3) is 0 Å². The number of halogens is 1. The molecule has 0 aromatic heterocycles. The molecule has 0 aromatic rings. The maximum Gasteiger partial charge on any atom is 0.137 e. The Morgan fingerprint density at radius 3 is 2.42 bits per heavy atom. The molecule has 0 aromatic carbocycles. The number of rotatable bonds is 2. The predicted molar refractivity (Wildman–Crippen MR) is 52.0 cm³/mol. The molecule has 1 rings (SSSR count). The Morgan fingerprint density at radius 2 is 2.08 bits per heavy atom. The molecule has 1 atom stereocenters. The van der Waals surface area contributed by atoms with Gasteiger partial charge in [0.25, 0.3) is 0 Å². The quantitative estimate of drug-likeness (QED) is 0.643. The molecule has 1 aliphatic rings. The monoisotopic (exact) mass is 186 g/mol. The highest BCUT2D eigenvalue weighted by atomic mass is 35.5. The van der Waals surface area contributed by atoms with Gasteiger partial charge in [0.1, 0.15) is 5.76 Å². The van der Waals surface area contributed by atoms with Crippen molar-refractivity contribution in [1.82, 2.24) is 0 Å². The second kappa shape index (κ2) is 3.53. The van der Waals surface area contributed by atoms with Crippen LogP contribution < -0.4 is 0 Å². The first-order chi connectivity index (χ1) is 5.57. The Hall–Kier alpha value is -0.430. The van der Waals surface area contributed by atoms with Crippen molar-refractivity contribution in [2.45, 2.75) is 20.8 Å². The molecule has 12 heavy (non-hydrogen) atoms. The summed E-state index contributed by atoms with van der Waals surface area (Å²) < 4.78 is 5.25. The first kappa shape index (κ1) is 9.66. The number of allylic oxidation sites excluding steroid dienone is 3. The number of ether oxygens (including phenoxy) is 1. The Morgan fingerprint density at radius 1 is 1.50 bits per heavy atom. The summed E-state index contributed by atoms with van der Waals surface area (Å²) >= 11 is 5.99. The summed E-state index contributed by atoms with van der Waals surface area (Å²) in [6.45, 7) is 6.46. The van der Waals surface area contributed by atoms with Gasteiger partial charge in [0, 0.05) is 5.92 Å². The van der Waals surface area contributed by atoms with Crippen molar-refractivity contribution in [2.75, 3.05) is 7.11 Å². The second-order valence-electron chi connectivity index (χ2n) is 3.45. The zero-order valence-electron chi connectivity index (χ0n) is 8.02. The fourth-order valence-corrected chi connectivity index (χ4v) is 2.11. The largest absolute Gasteiger partial charge is 0.495 e. The molecule has 1 aliphatic carbocycles.